The molecule has 0 aliphatic rings. The molecule has 0 atom stereocenters. The molecule has 0 radical (unpaired) electrons. The topological polar surface area (TPSA) is 61.3 Å². The van der Waals surface area contributed by atoms with Crippen LogP contribution in [-0.2, 0) is 9.53 Å². The molecule has 0 fully saturated rings. The van der Waals surface area contributed by atoms with Crippen LogP contribution in [0.5, 0.6) is 0 Å². The van der Waals surface area contributed by atoms with Crippen molar-refractivity contribution in [3.05, 3.63) is 0 Å². The second-order valence-corrected chi connectivity index (χ2v) is 9.26. The average Bonchev–Trinajstić information content (AvgIpc) is 2.62. The second kappa shape index (κ2) is 21.1. The number of carbonyl (C=O) groups excluding carboxylic acids is 1. The number of hydrogen-bond donors (Lipinski definition) is 1. The number of hydrogen-bond acceptors (Lipinski definition) is 3. The lowest BCUT2D eigenvalue weighted by Gasteiger charge is -2.23. The Labute approximate surface area is 177 Å². The Kier molecular flexibility index (Phi) is 22.4. The quantitative estimate of drug-likeness (QED) is 0.164. The molecule has 3 nitrogen and oxygen atoms in total. The molecular formula is C25H53NO2. The number of ether oxygens (including phenoxy) is 1. The molecular weight excluding hydrogens is 346 g/mol. The minimum absolute atomic E-state index is 0. The highest BCUT2D eigenvalue weighted by Crippen LogP contribution is 2.28. The summed E-state index contributed by atoms with van der Waals surface area (Å²) in [4.78, 5) is 12.1. The van der Waals surface area contributed by atoms with Gasteiger partial charge in [0, 0.05) is 0 Å². The molecule has 0 aromatic heterocycles. The summed E-state index contributed by atoms with van der Waals surface area (Å²) in [6.07, 6.45) is 22.7. The van der Waals surface area contributed by atoms with Crippen LogP contribution in [0.1, 0.15) is 143 Å². The van der Waals surface area contributed by atoms with E-state index in [1.54, 1.807) is 0 Å². The van der Waals surface area contributed by atoms with E-state index in [-0.39, 0.29) is 17.5 Å². The zero-order valence-electron chi connectivity index (χ0n) is 20.0. The molecule has 0 unspecified atom stereocenters. The van der Waals surface area contributed by atoms with Crippen LogP contribution in [0.3, 0.4) is 0 Å². The van der Waals surface area contributed by atoms with Gasteiger partial charge in [0.25, 0.3) is 0 Å². The molecule has 0 aromatic rings. The van der Waals surface area contributed by atoms with Gasteiger partial charge in [0.1, 0.15) is 0 Å². The summed E-state index contributed by atoms with van der Waals surface area (Å²) in [5.74, 6) is 0.00233. The molecule has 0 bridgehead atoms. The van der Waals surface area contributed by atoms with Crippen molar-refractivity contribution in [2.75, 3.05) is 6.61 Å². The van der Waals surface area contributed by atoms with Crippen LogP contribution in [0, 0.1) is 5.41 Å². The van der Waals surface area contributed by atoms with Crippen LogP contribution >= 0.6 is 0 Å². The summed E-state index contributed by atoms with van der Waals surface area (Å²) < 4.78 is 5.47. The van der Waals surface area contributed by atoms with Crippen LogP contribution in [-0.4, -0.2) is 12.6 Å². The first-order valence-corrected chi connectivity index (χ1v) is 12.2. The summed E-state index contributed by atoms with van der Waals surface area (Å²) in [6.45, 7) is 9.56. The van der Waals surface area contributed by atoms with E-state index in [0.29, 0.717) is 13.0 Å². The van der Waals surface area contributed by atoms with E-state index < -0.39 is 0 Å². The zero-order valence-corrected chi connectivity index (χ0v) is 20.0. The lowest BCUT2D eigenvalue weighted by atomic mass is 9.83. The minimum atomic E-state index is 0. The fraction of sp³-hybridized carbons (Fsp3) is 0.960. The first-order valence-electron chi connectivity index (χ1n) is 12.2. The van der Waals surface area contributed by atoms with Crippen LogP contribution in [0.25, 0.3) is 0 Å². The summed E-state index contributed by atoms with van der Waals surface area (Å²) in [6, 6.07) is 0. The molecule has 170 valence electrons. The predicted octanol–water partition coefficient (Wildman–Crippen LogP) is 8.78. The summed E-state index contributed by atoms with van der Waals surface area (Å²) in [5, 5.41) is 0. The molecule has 0 saturated carbocycles. The van der Waals surface area contributed by atoms with E-state index in [4.69, 9.17) is 4.74 Å². The van der Waals surface area contributed by atoms with Gasteiger partial charge in [0.15, 0.2) is 0 Å². The molecule has 3 heteroatoms. The SMILES string of the molecule is CCCCCCCCCCOC(=O)CC(C)(C)CCCCCCCCCC.N. The molecule has 0 amide bonds. The molecule has 0 heterocycles. The maximum Gasteiger partial charge on any atom is 0.306 e. The van der Waals surface area contributed by atoms with Gasteiger partial charge in [-0.3, -0.25) is 4.79 Å². The van der Waals surface area contributed by atoms with Crippen molar-refractivity contribution in [2.24, 2.45) is 5.41 Å². The standard InChI is InChI=1S/C25H50O2.H3N/c1-5-7-9-11-13-15-17-19-21-25(3,4)23-24(26)27-22-20-18-16-14-12-10-8-6-2;/h5-23H2,1-4H3;1H3. The van der Waals surface area contributed by atoms with Crippen molar-refractivity contribution in [3.8, 4) is 0 Å². The predicted molar refractivity (Wildman–Crippen MR) is 124 cm³/mol. The van der Waals surface area contributed by atoms with Crippen molar-refractivity contribution in [1.82, 2.24) is 6.15 Å². The summed E-state index contributed by atoms with van der Waals surface area (Å²) in [5.41, 5.74) is 0.0819. The van der Waals surface area contributed by atoms with Gasteiger partial charge in [-0.05, 0) is 18.3 Å². The lowest BCUT2D eigenvalue weighted by molar-refractivity contribution is -0.146. The Morgan fingerprint density at radius 2 is 1.04 bits per heavy atom. The van der Waals surface area contributed by atoms with Crippen molar-refractivity contribution in [3.63, 3.8) is 0 Å². The Morgan fingerprint density at radius 1 is 0.643 bits per heavy atom. The fourth-order valence-corrected chi connectivity index (χ4v) is 3.69. The van der Waals surface area contributed by atoms with Crippen molar-refractivity contribution >= 4 is 5.97 Å². The van der Waals surface area contributed by atoms with Crippen molar-refractivity contribution < 1.29 is 9.53 Å². The third-order valence-electron chi connectivity index (χ3n) is 5.59. The smallest absolute Gasteiger partial charge is 0.306 e. The molecule has 0 spiro atoms. The largest absolute Gasteiger partial charge is 0.466 e. The van der Waals surface area contributed by atoms with Gasteiger partial charge in [-0.1, -0.05) is 124 Å². The molecule has 0 aliphatic carbocycles. The average molecular weight is 400 g/mol. The molecule has 0 rings (SSSR count). The number of unbranched alkanes of at least 4 members (excludes halogenated alkanes) is 14. The van der Waals surface area contributed by atoms with Gasteiger partial charge in [0.05, 0.1) is 13.0 Å². The van der Waals surface area contributed by atoms with E-state index >= 15 is 0 Å². The van der Waals surface area contributed by atoms with E-state index in [2.05, 4.69) is 27.7 Å². The monoisotopic (exact) mass is 399 g/mol. The normalized spacial score (nSPS) is 11.3. The Morgan fingerprint density at radius 3 is 1.50 bits per heavy atom. The van der Waals surface area contributed by atoms with Crippen LogP contribution < -0.4 is 6.15 Å². The van der Waals surface area contributed by atoms with E-state index in [9.17, 15) is 4.79 Å². The Bertz CT molecular complexity index is 329. The first kappa shape index (κ1) is 29.6. The molecule has 0 aromatic carbocycles. The second-order valence-electron chi connectivity index (χ2n) is 9.26. The third-order valence-corrected chi connectivity index (χ3v) is 5.59. The maximum atomic E-state index is 12.1. The van der Waals surface area contributed by atoms with Gasteiger partial charge in [-0.25, -0.2) is 0 Å². The van der Waals surface area contributed by atoms with Crippen LogP contribution in [0.4, 0.5) is 0 Å². The van der Waals surface area contributed by atoms with E-state index in [0.717, 1.165) is 12.8 Å². The van der Waals surface area contributed by atoms with Gasteiger partial charge >= 0.3 is 5.97 Å². The van der Waals surface area contributed by atoms with Gasteiger partial charge in [0.2, 0.25) is 0 Å². The molecule has 3 N–H and O–H groups in total. The fourth-order valence-electron chi connectivity index (χ4n) is 3.69. The van der Waals surface area contributed by atoms with Gasteiger partial charge < -0.3 is 10.9 Å². The highest BCUT2D eigenvalue weighted by molar-refractivity contribution is 5.70. The zero-order chi connectivity index (χ0) is 20.2. The van der Waals surface area contributed by atoms with Crippen molar-refractivity contribution in [1.29, 1.82) is 0 Å². The number of carbonyl (C=O) groups is 1. The van der Waals surface area contributed by atoms with E-state index in [1.165, 1.54) is 96.3 Å². The molecule has 0 saturated heterocycles. The highest BCUT2D eigenvalue weighted by Gasteiger charge is 2.22. The minimum Gasteiger partial charge on any atom is -0.466 e. The number of rotatable bonds is 20. The van der Waals surface area contributed by atoms with Crippen LogP contribution in [0.15, 0.2) is 0 Å². The Hall–Kier alpha value is -0.570. The van der Waals surface area contributed by atoms with E-state index in [1.807, 2.05) is 0 Å². The van der Waals surface area contributed by atoms with Crippen LogP contribution in [0.2, 0.25) is 0 Å². The molecule has 0 aliphatic heterocycles. The summed E-state index contributed by atoms with van der Waals surface area (Å²) in [7, 11) is 0. The maximum absolute atomic E-state index is 12.1. The highest BCUT2D eigenvalue weighted by atomic mass is 16.5. The third kappa shape index (κ3) is 21.7. The number of esters is 1. The Balaban J connectivity index is 0. The molecule has 28 heavy (non-hydrogen) atoms. The summed E-state index contributed by atoms with van der Waals surface area (Å²) >= 11 is 0. The van der Waals surface area contributed by atoms with Crippen molar-refractivity contribution in [2.45, 2.75) is 143 Å². The lowest BCUT2D eigenvalue weighted by Crippen LogP contribution is -2.19. The first-order chi connectivity index (χ1) is 13.0. The van der Waals surface area contributed by atoms with Gasteiger partial charge in [-0.2, -0.15) is 0 Å². The van der Waals surface area contributed by atoms with Gasteiger partial charge in [-0.15, -0.1) is 0 Å².